The SMILES string of the molecule is CCOC(=O)/C(C#N)=C1\S[C@@H](Cc2cccc(Cl)c2)C(=O)N1c1ccc(Br)cc1. The maximum Gasteiger partial charge on any atom is 0.351 e. The van der Waals surface area contributed by atoms with Crippen molar-refractivity contribution in [1.82, 2.24) is 0 Å². The van der Waals surface area contributed by atoms with Gasteiger partial charge in [-0.25, -0.2) is 4.79 Å². The van der Waals surface area contributed by atoms with Gasteiger partial charge in [0.25, 0.3) is 0 Å². The average Bonchev–Trinajstić information content (AvgIpc) is 2.99. The van der Waals surface area contributed by atoms with Gasteiger partial charge >= 0.3 is 5.97 Å². The molecule has 2 aromatic carbocycles. The summed E-state index contributed by atoms with van der Waals surface area (Å²) >= 11 is 10.6. The summed E-state index contributed by atoms with van der Waals surface area (Å²) in [6, 6.07) is 16.3. The molecule has 0 aromatic heterocycles. The number of halogens is 2. The number of rotatable bonds is 5. The Labute approximate surface area is 186 Å². The lowest BCUT2D eigenvalue weighted by Crippen LogP contribution is -2.30. The molecule has 0 unspecified atom stereocenters. The van der Waals surface area contributed by atoms with Crippen LogP contribution in [0.5, 0.6) is 0 Å². The Morgan fingerprint density at radius 3 is 2.66 bits per heavy atom. The van der Waals surface area contributed by atoms with E-state index in [0.717, 1.165) is 10.0 Å². The summed E-state index contributed by atoms with van der Waals surface area (Å²) in [4.78, 5) is 27.0. The molecule has 1 aliphatic heterocycles. The number of hydrogen-bond donors (Lipinski definition) is 0. The van der Waals surface area contributed by atoms with Crippen LogP contribution in [-0.4, -0.2) is 23.7 Å². The first-order valence-electron chi connectivity index (χ1n) is 8.76. The standard InChI is InChI=1S/C21H16BrClN2O3S/c1-2-28-21(27)17(12-24)20-25(16-8-6-14(22)7-9-16)19(26)18(29-20)11-13-4-3-5-15(23)10-13/h3-10,18H,2,11H2,1H3/b20-17-/t18-/m0/s1. The molecule has 2 aromatic rings. The van der Waals surface area contributed by atoms with E-state index in [0.29, 0.717) is 17.1 Å². The maximum atomic E-state index is 13.3. The van der Waals surface area contributed by atoms with Crippen LogP contribution in [0.15, 0.2) is 63.6 Å². The molecule has 1 fully saturated rings. The lowest BCUT2D eigenvalue weighted by molar-refractivity contribution is -0.138. The number of hydrogen-bond acceptors (Lipinski definition) is 5. The number of benzene rings is 2. The van der Waals surface area contributed by atoms with Crippen molar-refractivity contribution in [1.29, 1.82) is 5.26 Å². The van der Waals surface area contributed by atoms with Crippen molar-refractivity contribution in [2.75, 3.05) is 11.5 Å². The third-order valence-corrected chi connectivity index (χ3v) is 6.18. The Bertz CT molecular complexity index is 1020. The minimum atomic E-state index is -0.740. The second-order valence-electron chi connectivity index (χ2n) is 6.10. The molecule has 1 atom stereocenters. The fraction of sp³-hybridized carbons (Fsp3) is 0.190. The molecule has 1 aliphatic rings. The molecule has 8 heteroatoms. The van der Waals surface area contributed by atoms with E-state index >= 15 is 0 Å². The van der Waals surface area contributed by atoms with Crippen LogP contribution in [0, 0.1) is 11.3 Å². The number of carbonyl (C=O) groups is 2. The Hall–Kier alpha value is -2.27. The lowest BCUT2D eigenvalue weighted by Gasteiger charge is -2.18. The van der Waals surface area contributed by atoms with Gasteiger partial charge in [-0.15, -0.1) is 0 Å². The highest BCUT2D eigenvalue weighted by Gasteiger charge is 2.41. The number of nitrogens with zero attached hydrogens (tertiary/aromatic N) is 2. The van der Waals surface area contributed by atoms with Gasteiger partial charge in [0.1, 0.15) is 11.1 Å². The van der Waals surface area contributed by atoms with Gasteiger partial charge < -0.3 is 4.74 Å². The van der Waals surface area contributed by atoms with Gasteiger partial charge in [0, 0.05) is 15.2 Å². The van der Waals surface area contributed by atoms with E-state index in [1.807, 2.05) is 18.2 Å². The molecular weight excluding hydrogens is 476 g/mol. The summed E-state index contributed by atoms with van der Waals surface area (Å²) < 4.78 is 5.87. The predicted molar refractivity (Wildman–Crippen MR) is 117 cm³/mol. The molecule has 1 amide bonds. The number of thioether (sulfide) groups is 1. The van der Waals surface area contributed by atoms with Gasteiger partial charge in [-0.05, 0) is 55.3 Å². The highest BCUT2D eigenvalue weighted by atomic mass is 79.9. The van der Waals surface area contributed by atoms with E-state index in [1.165, 1.54) is 16.7 Å². The summed E-state index contributed by atoms with van der Waals surface area (Å²) in [5.74, 6) is -0.944. The van der Waals surface area contributed by atoms with E-state index in [9.17, 15) is 14.9 Å². The van der Waals surface area contributed by atoms with Crippen LogP contribution in [0.25, 0.3) is 0 Å². The van der Waals surface area contributed by atoms with Crippen molar-refractivity contribution in [3.8, 4) is 6.07 Å². The maximum absolute atomic E-state index is 13.3. The van der Waals surface area contributed by atoms with Crippen LogP contribution in [0.3, 0.4) is 0 Å². The van der Waals surface area contributed by atoms with Crippen LogP contribution in [0.4, 0.5) is 5.69 Å². The molecule has 148 valence electrons. The van der Waals surface area contributed by atoms with Gasteiger partial charge in [-0.3, -0.25) is 9.69 Å². The first-order chi connectivity index (χ1) is 13.9. The van der Waals surface area contributed by atoms with Crippen LogP contribution >= 0.6 is 39.3 Å². The summed E-state index contributed by atoms with van der Waals surface area (Å²) in [7, 11) is 0. The zero-order chi connectivity index (χ0) is 21.0. The second kappa shape index (κ2) is 9.49. The molecule has 0 spiro atoms. The first-order valence-corrected chi connectivity index (χ1v) is 10.8. The highest BCUT2D eigenvalue weighted by molar-refractivity contribution is 9.10. The van der Waals surface area contributed by atoms with Gasteiger partial charge in [0.05, 0.1) is 11.9 Å². The minimum absolute atomic E-state index is 0.139. The van der Waals surface area contributed by atoms with E-state index in [4.69, 9.17) is 16.3 Å². The van der Waals surface area contributed by atoms with E-state index in [2.05, 4.69) is 15.9 Å². The quantitative estimate of drug-likeness (QED) is 0.331. The average molecular weight is 492 g/mol. The second-order valence-corrected chi connectivity index (χ2v) is 8.65. The molecule has 0 aliphatic carbocycles. The summed E-state index contributed by atoms with van der Waals surface area (Å²) in [6.45, 7) is 1.80. The van der Waals surface area contributed by atoms with Crippen LogP contribution in [0.2, 0.25) is 5.02 Å². The Morgan fingerprint density at radius 2 is 2.03 bits per heavy atom. The molecule has 0 N–H and O–H groups in total. The number of anilines is 1. The van der Waals surface area contributed by atoms with Crippen molar-refractivity contribution in [3.63, 3.8) is 0 Å². The Morgan fingerprint density at radius 1 is 1.31 bits per heavy atom. The number of amides is 1. The number of nitriles is 1. The number of esters is 1. The highest BCUT2D eigenvalue weighted by Crippen LogP contribution is 2.42. The van der Waals surface area contributed by atoms with Gasteiger partial charge in [-0.1, -0.05) is 51.4 Å². The fourth-order valence-corrected chi connectivity index (χ4v) is 4.65. The van der Waals surface area contributed by atoms with E-state index in [1.54, 1.807) is 43.3 Å². The molecule has 0 saturated carbocycles. The third-order valence-electron chi connectivity index (χ3n) is 4.15. The lowest BCUT2D eigenvalue weighted by atomic mass is 10.1. The summed E-state index contributed by atoms with van der Waals surface area (Å²) in [5, 5.41) is 9.98. The van der Waals surface area contributed by atoms with E-state index in [-0.39, 0.29) is 23.1 Å². The van der Waals surface area contributed by atoms with Crippen LogP contribution in [-0.2, 0) is 20.7 Å². The summed E-state index contributed by atoms with van der Waals surface area (Å²) in [5.41, 5.74) is 1.29. The Kier molecular flexibility index (Phi) is 7.01. The van der Waals surface area contributed by atoms with Gasteiger partial charge in [0.15, 0.2) is 5.57 Å². The minimum Gasteiger partial charge on any atom is -0.462 e. The molecular formula is C21H16BrClN2O3S. The molecule has 29 heavy (non-hydrogen) atoms. The van der Waals surface area contributed by atoms with Crippen LogP contribution in [0.1, 0.15) is 12.5 Å². The molecule has 1 saturated heterocycles. The topological polar surface area (TPSA) is 70.4 Å². The van der Waals surface area contributed by atoms with E-state index < -0.39 is 11.2 Å². The largest absolute Gasteiger partial charge is 0.462 e. The molecule has 5 nitrogen and oxygen atoms in total. The molecule has 3 rings (SSSR count). The van der Waals surface area contributed by atoms with Crippen molar-refractivity contribution in [2.24, 2.45) is 0 Å². The fourth-order valence-electron chi connectivity index (χ4n) is 2.88. The number of carbonyl (C=O) groups excluding carboxylic acids is 2. The Balaban J connectivity index is 2.03. The normalized spacial score (nSPS) is 17.8. The van der Waals surface area contributed by atoms with Gasteiger partial charge in [0.2, 0.25) is 5.91 Å². The molecule has 0 radical (unpaired) electrons. The number of ether oxygens (including phenoxy) is 1. The van der Waals surface area contributed by atoms with Gasteiger partial charge in [-0.2, -0.15) is 5.26 Å². The van der Waals surface area contributed by atoms with Crippen molar-refractivity contribution in [2.45, 2.75) is 18.6 Å². The molecule has 1 heterocycles. The monoisotopic (exact) mass is 490 g/mol. The summed E-state index contributed by atoms with van der Waals surface area (Å²) in [6.07, 6.45) is 0.419. The smallest absolute Gasteiger partial charge is 0.351 e. The van der Waals surface area contributed by atoms with Crippen molar-refractivity contribution < 1.29 is 14.3 Å². The zero-order valence-corrected chi connectivity index (χ0v) is 18.6. The first kappa shape index (κ1) is 21.4. The third kappa shape index (κ3) is 4.84. The van der Waals surface area contributed by atoms with Crippen LogP contribution < -0.4 is 4.90 Å². The molecule has 0 bridgehead atoms. The predicted octanol–water partition coefficient (Wildman–Crippen LogP) is 5.09. The van der Waals surface area contributed by atoms with Crippen molar-refractivity contribution >= 4 is 56.9 Å². The van der Waals surface area contributed by atoms with Crippen molar-refractivity contribution in [3.05, 3.63) is 74.2 Å². The zero-order valence-electron chi connectivity index (χ0n) is 15.4.